The van der Waals surface area contributed by atoms with E-state index in [1.165, 1.54) is 12.8 Å². The van der Waals surface area contributed by atoms with Gasteiger partial charge in [-0.2, -0.15) is 5.10 Å². The number of nitrogens with zero attached hydrogens (tertiary/aromatic N) is 3. The zero-order chi connectivity index (χ0) is 15.2. The summed E-state index contributed by atoms with van der Waals surface area (Å²) in [4.78, 5) is 17.2. The molecule has 2 aliphatic heterocycles. The number of hydrogen-bond donors (Lipinski definition) is 2. The average Bonchev–Trinajstić information content (AvgIpc) is 2.68. The van der Waals surface area contributed by atoms with Gasteiger partial charge in [-0.05, 0) is 37.5 Å². The molecular formula is C16H21N5O. The number of amides is 1. The van der Waals surface area contributed by atoms with Crippen LogP contribution in [0.5, 0.6) is 0 Å². The Labute approximate surface area is 130 Å². The van der Waals surface area contributed by atoms with Gasteiger partial charge in [0.05, 0.1) is 5.54 Å². The molecule has 2 fully saturated rings. The molecule has 1 saturated carbocycles. The molecule has 0 bridgehead atoms. The molecule has 1 aromatic heterocycles. The molecule has 1 spiro atoms. The summed E-state index contributed by atoms with van der Waals surface area (Å²) in [7, 11) is 0. The average molecular weight is 299 g/mol. The Morgan fingerprint density at radius 2 is 2.27 bits per heavy atom. The van der Waals surface area contributed by atoms with Crippen molar-refractivity contribution in [2.75, 3.05) is 11.6 Å². The number of hydrazone groups is 1. The zero-order valence-corrected chi connectivity index (χ0v) is 12.8. The number of carbonyl (C=O) groups excluding carboxylic acids is 1. The molecule has 6 heteroatoms. The van der Waals surface area contributed by atoms with Gasteiger partial charge < -0.3 is 5.43 Å². The van der Waals surface area contributed by atoms with Crippen LogP contribution in [-0.2, 0) is 4.79 Å². The summed E-state index contributed by atoms with van der Waals surface area (Å²) in [6, 6.07) is 3.86. The second-order valence-electron chi connectivity index (χ2n) is 6.53. The first-order valence-electron chi connectivity index (χ1n) is 8.07. The van der Waals surface area contributed by atoms with Crippen molar-refractivity contribution in [1.29, 1.82) is 0 Å². The van der Waals surface area contributed by atoms with Crippen molar-refractivity contribution in [3.63, 3.8) is 0 Å². The van der Waals surface area contributed by atoms with Crippen molar-refractivity contribution in [2.45, 2.75) is 44.6 Å². The van der Waals surface area contributed by atoms with Gasteiger partial charge in [-0.15, -0.1) is 0 Å². The number of aromatic nitrogens is 1. The Hall–Kier alpha value is -1.95. The van der Waals surface area contributed by atoms with E-state index in [9.17, 15) is 4.79 Å². The second kappa shape index (κ2) is 5.05. The van der Waals surface area contributed by atoms with Crippen LogP contribution in [0.25, 0.3) is 0 Å². The molecule has 22 heavy (non-hydrogen) atoms. The highest BCUT2D eigenvalue weighted by molar-refractivity contribution is 6.48. The molecule has 1 aromatic rings. The topological polar surface area (TPSA) is 69.6 Å². The molecule has 6 nitrogen and oxygen atoms in total. The van der Waals surface area contributed by atoms with Gasteiger partial charge in [-0.25, -0.2) is 15.4 Å². The standard InChI is InChI=1S/C16H21N5O/c1-11-6-8-17-13(9-11)21-15(22)14-16(20-21)7-4-2-3-5-12(16)10-18-19-14/h6,8-9,12,18,20H,2-5,7,10H2,1H3. The van der Waals surface area contributed by atoms with E-state index in [1.807, 2.05) is 19.1 Å². The zero-order valence-electron chi connectivity index (χ0n) is 12.8. The van der Waals surface area contributed by atoms with Crippen LogP contribution in [-0.4, -0.2) is 28.7 Å². The highest BCUT2D eigenvalue weighted by atomic mass is 16.2. The lowest BCUT2D eigenvalue weighted by molar-refractivity contribution is -0.112. The lowest BCUT2D eigenvalue weighted by atomic mass is 9.76. The first-order chi connectivity index (χ1) is 10.7. The van der Waals surface area contributed by atoms with Crippen LogP contribution in [0.4, 0.5) is 5.82 Å². The van der Waals surface area contributed by atoms with E-state index < -0.39 is 0 Å². The molecular weight excluding hydrogens is 278 g/mol. The molecule has 2 atom stereocenters. The number of carbonyl (C=O) groups is 1. The third kappa shape index (κ3) is 1.94. The number of hydrogen-bond acceptors (Lipinski definition) is 5. The van der Waals surface area contributed by atoms with Crippen molar-refractivity contribution < 1.29 is 4.79 Å². The molecule has 4 rings (SSSR count). The Balaban J connectivity index is 1.75. The minimum atomic E-state index is -0.315. The maximum atomic E-state index is 12.9. The van der Waals surface area contributed by atoms with Crippen molar-refractivity contribution in [3.05, 3.63) is 23.9 Å². The number of hydrazine groups is 1. The highest BCUT2D eigenvalue weighted by Crippen LogP contribution is 2.39. The third-order valence-electron chi connectivity index (χ3n) is 5.12. The molecule has 2 unspecified atom stereocenters. The largest absolute Gasteiger partial charge is 0.309 e. The molecule has 1 aliphatic carbocycles. The summed E-state index contributed by atoms with van der Waals surface area (Å²) < 4.78 is 0. The Kier molecular flexibility index (Phi) is 3.14. The van der Waals surface area contributed by atoms with Gasteiger partial charge in [0.2, 0.25) is 0 Å². The van der Waals surface area contributed by atoms with Gasteiger partial charge >= 0.3 is 0 Å². The van der Waals surface area contributed by atoms with Crippen LogP contribution in [0.1, 0.15) is 37.7 Å². The fraction of sp³-hybridized carbons (Fsp3) is 0.562. The van der Waals surface area contributed by atoms with Gasteiger partial charge in [-0.1, -0.05) is 19.3 Å². The van der Waals surface area contributed by atoms with E-state index in [2.05, 4.69) is 20.9 Å². The van der Waals surface area contributed by atoms with E-state index in [0.717, 1.165) is 31.4 Å². The predicted octanol–water partition coefficient (Wildman–Crippen LogP) is 1.52. The van der Waals surface area contributed by atoms with Crippen LogP contribution < -0.4 is 15.9 Å². The van der Waals surface area contributed by atoms with E-state index in [-0.39, 0.29) is 11.4 Å². The van der Waals surface area contributed by atoms with Gasteiger partial charge in [0, 0.05) is 18.7 Å². The number of rotatable bonds is 1. The maximum absolute atomic E-state index is 12.9. The summed E-state index contributed by atoms with van der Waals surface area (Å²) in [5.41, 5.74) is 7.97. The van der Waals surface area contributed by atoms with Crippen molar-refractivity contribution >= 4 is 17.4 Å². The lowest BCUT2D eigenvalue weighted by Crippen LogP contribution is -2.58. The van der Waals surface area contributed by atoms with Crippen LogP contribution in [0.15, 0.2) is 23.4 Å². The third-order valence-corrected chi connectivity index (χ3v) is 5.12. The fourth-order valence-electron chi connectivity index (χ4n) is 3.94. The van der Waals surface area contributed by atoms with Crippen molar-refractivity contribution in [2.24, 2.45) is 11.0 Å². The van der Waals surface area contributed by atoms with E-state index in [0.29, 0.717) is 17.4 Å². The van der Waals surface area contributed by atoms with Gasteiger partial charge in [0.15, 0.2) is 5.82 Å². The highest BCUT2D eigenvalue weighted by Gasteiger charge is 2.56. The Bertz CT molecular complexity index is 643. The number of aryl methyl sites for hydroxylation is 1. The molecule has 2 N–H and O–H groups in total. The van der Waals surface area contributed by atoms with E-state index in [1.54, 1.807) is 11.2 Å². The van der Waals surface area contributed by atoms with E-state index in [4.69, 9.17) is 0 Å². The summed E-state index contributed by atoms with van der Waals surface area (Å²) in [6.45, 7) is 2.84. The maximum Gasteiger partial charge on any atom is 0.292 e. The van der Waals surface area contributed by atoms with Crippen LogP contribution in [0, 0.1) is 12.8 Å². The normalized spacial score (nSPS) is 31.0. The molecule has 3 heterocycles. The minimum Gasteiger partial charge on any atom is -0.309 e. The summed E-state index contributed by atoms with van der Waals surface area (Å²) in [5, 5.41) is 5.97. The lowest BCUT2D eigenvalue weighted by Gasteiger charge is -2.38. The smallest absolute Gasteiger partial charge is 0.292 e. The van der Waals surface area contributed by atoms with Crippen molar-refractivity contribution in [3.8, 4) is 0 Å². The first-order valence-corrected chi connectivity index (χ1v) is 8.07. The van der Waals surface area contributed by atoms with Crippen LogP contribution in [0.2, 0.25) is 0 Å². The molecule has 116 valence electrons. The molecule has 0 radical (unpaired) electrons. The fourth-order valence-corrected chi connectivity index (χ4v) is 3.94. The van der Waals surface area contributed by atoms with Gasteiger partial charge in [0.1, 0.15) is 5.71 Å². The molecule has 1 saturated heterocycles. The molecule has 0 aromatic carbocycles. The Morgan fingerprint density at radius 3 is 3.14 bits per heavy atom. The second-order valence-corrected chi connectivity index (χ2v) is 6.53. The monoisotopic (exact) mass is 299 g/mol. The summed E-state index contributed by atoms with van der Waals surface area (Å²) in [5.74, 6) is 0.984. The quantitative estimate of drug-likeness (QED) is 0.825. The van der Waals surface area contributed by atoms with Crippen LogP contribution >= 0.6 is 0 Å². The minimum absolute atomic E-state index is 0.0720. The summed E-state index contributed by atoms with van der Waals surface area (Å²) in [6.07, 6.45) is 7.41. The first kappa shape index (κ1) is 13.7. The SMILES string of the molecule is Cc1ccnc(N2NC34CCCCCC3CNN=C4C2=O)c1. The van der Waals surface area contributed by atoms with Crippen molar-refractivity contribution in [1.82, 2.24) is 15.8 Å². The summed E-state index contributed by atoms with van der Waals surface area (Å²) >= 11 is 0. The number of nitrogens with one attached hydrogen (secondary N) is 2. The van der Waals surface area contributed by atoms with E-state index >= 15 is 0 Å². The molecule has 3 aliphatic rings. The van der Waals surface area contributed by atoms with Gasteiger partial charge in [0.25, 0.3) is 5.91 Å². The Morgan fingerprint density at radius 1 is 1.36 bits per heavy atom. The predicted molar refractivity (Wildman–Crippen MR) is 84.3 cm³/mol. The number of anilines is 1. The van der Waals surface area contributed by atoms with Gasteiger partial charge in [-0.3, -0.25) is 4.79 Å². The van der Waals surface area contributed by atoms with Crippen LogP contribution in [0.3, 0.4) is 0 Å². The molecule has 1 amide bonds. The number of pyridine rings is 1.